The molecule has 0 radical (unpaired) electrons. The van der Waals surface area contributed by atoms with E-state index in [0.717, 1.165) is 30.8 Å². The van der Waals surface area contributed by atoms with Gasteiger partial charge in [0.05, 0.1) is 12.4 Å². The average Bonchev–Trinajstić information content (AvgIpc) is 2.36. The van der Waals surface area contributed by atoms with Crippen LogP contribution in [0.5, 0.6) is 5.75 Å². The zero-order chi connectivity index (χ0) is 15.0. The second-order valence-electron chi connectivity index (χ2n) is 5.22. The summed E-state index contributed by atoms with van der Waals surface area (Å²) >= 11 is 0. The molecule has 0 saturated carbocycles. The molecule has 0 aliphatic carbocycles. The monoisotopic (exact) mass is 299 g/mol. The number of hydrogen-bond donors (Lipinski definition) is 1. The predicted molar refractivity (Wildman–Crippen MR) is 82.9 cm³/mol. The van der Waals surface area contributed by atoms with E-state index in [9.17, 15) is 8.42 Å². The van der Waals surface area contributed by atoms with Crippen LogP contribution < -0.4 is 10.1 Å². The van der Waals surface area contributed by atoms with E-state index in [0.29, 0.717) is 6.54 Å². The molecule has 4 nitrogen and oxygen atoms in total. The Kier molecular flexibility index (Phi) is 7.02. The van der Waals surface area contributed by atoms with Crippen molar-refractivity contribution in [3.05, 3.63) is 29.8 Å². The molecule has 0 aromatic heterocycles. The molecule has 0 aliphatic heterocycles. The van der Waals surface area contributed by atoms with Gasteiger partial charge in [0, 0.05) is 18.8 Å². The van der Waals surface area contributed by atoms with E-state index in [2.05, 4.69) is 12.2 Å². The van der Waals surface area contributed by atoms with E-state index in [1.807, 2.05) is 31.2 Å². The summed E-state index contributed by atoms with van der Waals surface area (Å²) in [6.07, 6.45) is 3.44. The largest absolute Gasteiger partial charge is 0.494 e. The summed E-state index contributed by atoms with van der Waals surface area (Å²) in [6, 6.07) is 7.86. The fourth-order valence-electron chi connectivity index (χ4n) is 1.84. The van der Waals surface area contributed by atoms with Crippen molar-refractivity contribution >= 4 is 9.84 Å². The topological polar surface area (TPSA) is 55.4 Å². The van der Waals surface area contributed by atoms with Crippen LogP contribution in [0, 0.1) is 0 Å². The second kappa shape index (κ2) is 8.27. The number of nitrogens with one attached hydrogen (secondary N) is 1. The normalized spacial score (nSPS) is 13.2. The lowest BCUT2D eigenvalue weighted by Gasteiger charge is -2.13. The molecule has 0 fully saturated rings. The van der Waals surface area contributed by atoms with Gasteiger partial charge in [-0.2, -0.15) is 0 Å². The smallest absolute Gasteiger partial charge is 0.148 e. The number of hydrogen-bond acceptors (Lipinski definition) is 4. The Morgan fingerprint density at radius 2 is 1.90 bits per heavy atom. The standard InChI is InChI=1S/C15H25NO3S/c1-4-5-10-19-15-8-6-14(7-9-15)11-16-13(2)12-20(3,17)18/h6-9,13,16H,4-5,10-12H2,1-3H3. The molecule has 1 aromatic rings. The summed E-state index contributed by atoms with van der Waals surface area (Å²) in [6.45, 7) is 5.42. The lowest BCUT2D eigenvalue weighted by atomic mass is 10.2. The number of sulfone groups is 1. The second-order valence-corrected chi connectivity index (χ2v) is 7.41. The quantitative estimate of drug-likeness (QED) is 0.711. The SMILES string of the molecule is CCCCOc1ccc(CNC(C)CS(C)(=O)=O)cc1. The van der Waals surface area contributed by atoms with Gasteiger partial charge in [-0.1, -0.05) is 25.5 Å². The van der Waals surface area contributed by atoms with Crippen molar-refractivity contribution in [1.29, 1.82) is 0 Å². The van der Waals surface area contributed by atoms with Gasteiger partial charge in [-0.25, -0.2) is 8.42 Å². The van der Waals surface area contributed by atoms with Gasteiger partial charge in [0.25, 0.3) is 0 Å². The third-order valence-electron chi connectivity index (χ3n) is 2.90. The molecule has 0 saturated heterocycles. The van der Waals surface area contributed by atoms with E-state index in [-0.39, 0.29) is 11.8 Å². The van der Waals surface area contributed by atoms with Gasteiger partial charge in [0.2, 0.25) is 0 Å². The van der Waals surface area contributed by atoms with Crippen molar-refractivity contribution in [2.24, 2.45) is 0 Å². The Balaban J connectivity index is 2.38. The summed E-state index contributed by atoms with van der Waals surface area (Å²) < 4.78 is 27.9. The maximum absolute atomic E-state index is 11.2. The maximum atomic E-state index is 11.2. The van der Waals surface area contributed by atoms with E-state index < -0.39 is 9.84 Å². The minimum absolute atomic E-state index is 0.0505. The third kappa shape index (κ3) is 7.50. The molecule has 1 aromatic carbocycles. The molecule has 0 spiro atoms. The van der Waals surface area contributed by atoms with Crippen LogP contribution in [0.2, 0.25) is 0 Å². The minimum Gasteiger partial charge on any atom is -0.494 e. The highest BCUT2D eigenvalue weighted by Crippen LogP contribution is 2.12. The fraction of sp³-hybridized carbons (Fsp3) is 0.600. The van der Waals surface area contributed by atoms with Crippen LogP contribution in [0.15, 0.2) is 24.3 Å². The fourth-order valence-corrected chi connectivity index (χ4v) is 2.87. The molecule has 0 aliphatic rings. The van der Waals surface area contributed by atoms with Crippen molar-refractivity contribution in [1.82, 2.24) is 5.32 Å². The van der Waals surface area contributed by atoms with Crippen molar-refractivity contribution < 1.29 is 13.2 Å². The van der Waals surface area contributed by atoms with Crippen LogP contribution >= 0.6 is 0 Å². The van der Waals surface area contributed by atoms with Crippen molar-refractivity contribution in [3.63, 3.8) is 0 Å². The molecule has 1 N–H and O–H groups in total. The van der Waals surface area contributed by atoms with Gasteiger partial charge in [-0.05, 0) is 31.0 Å². The highest BCUT2D eigenvalue weighted by molar-refractivity contribution is 7.90. The van der Waals surface area contributed by atoms with Gasteiger partial charge in [0.15, 0.2) is 0 Å². The Morgan fingerprint density at radius 3 is 2.45 bits per heavy atom. The first kappa shape index (κ1) is 17.0. The molecule has 5 heteroatoms. The van der Waals surface area contributed by atoms with Crippen LogP contribution in [0.3, 0.4) is 0 Å². The molecule has 20 heavy (non-hydrogen) atoms. The van der Waals surface area contributed by atoms with E-state index >= 15 is 0 Å². The predicted octanol–water partition coefficient (Wildman–Crippen LogP) is 2.39. The van der Waals surface area contributed by atoms with Gasteiger partial charge in [0.1, 0.15) is 15.6 Å². The zero-order valence-electron chi connectivity index (χ0n) is 12.6. The highest BCUT2D eigenvalue weighted by Gasteiger charge is 2.09. The van der Waals surface area contributed by atoms with Crippen LogP contribution in [-0.2, 0) is 16.4 Å². The summed E-state index contributed by atoms with van der Waals surface area (Å²) in [7, 11) is -2.93. The first-order valence-electron chi connectivity index (χ1n) is 7.03. The summed E-state index contributed by atoms with van der Waals surface area (Å²) in [5.41, 5.74) is 1.12. The number of unbranched alkanes of at least 4 members (excludes halogenated alkanes) is 1. The molecule has 0 bridgehead atoms. The molecule has 114 valence electrons. The summed E-state index contributed by atoms with van der Waals surface area (Å²) in [5, 5.41) is 3.21. The number of ether oxygens (including phenoxy) is 1. The molecule has 0 amide bonds. The first-order chi connectivity index (χ1) is 9.40. The van der Waals surface area contributed by atoms with E-state index in [4.69, 9.17) is 4.74 Å². The minimum atomic E-state index is -2.93. The van der Waals surface area contributed by atoms with Crippen molar-refractivity contribution in [2.45, 2.75) is 39.3 Å². The molecule has 1 unspecified atom stereocenters. The van der Waals surface area contributed by atoms with Gasteiger partial charge >= 0.3 is 0 Å². The molecular weight excluding hydrogens is 274 g/mol. The van der Waals surface area contributed by atoms with Crippen LogP contribution in [0.1, 0.15) is 32.3 Å². The van der Waals surface area contributed by atoms with Crippen LogP contribution in [0.4, 0.5) is 0 Å². The van der Waals surface area contributed by atoms with E-state index in [1.165, 1.54) is 6.26 Å². The molecular formula is C15H25NO3S. The molecule has 1 atom stereocenters. The average molecular weight is 299 g/mol. The summed E-state index contributed by atoms with van der Waals surface area (Å²) in [4.78, 5) is 0. The lowest BCUT2D eigenvalue weighted by Crippen LogP contribution is -2.32. The van der Waals surface area contributed by atoms with Crippen molar-refractivity contribution in [2.75, 3.05) is 18.6 Å². The number of rotatable bonds is 9. The van der Waals surface area contributed by atoms with Crippen molar-refractivity contribution in [3.8, 4) is 5.75 Å². The highest BCUT2D eigenvalue weighted by atomic mass is 32.2. The van der Waals surface area contributed by atoms with E-state index in [1.54, 1.807) is 0 Å². The molecule has 1 rings (SSSR count). The van der Waals surface area contributed by atoms with Gasteiger partial charge in [-0.15, -0.1) is 0 Å². The summed E-state index contributed by atoms with van der Waals surface area (Å²) in [5.74, 6) is 1.04. The Hall–Kier alpha value is -1.07. The number of benzene rings is 1. The van der Waals surface area contributed by atoms with Crippen LogP contribution in [0.25, 0.3) is 0 Å². The van der Waals surface area contributed by atoms with Gasteiger partial charge in [-0.3, -0.25) is 0 Å². The van der Waals surface area contributed by atoms with Gasteiger partial charge < -0.3 is 10.1 Å². The Bertz CT molecular complexity index is 482. The Morgan fingerprint density at radius 1 is 1.25 bits per heavy atom. The lowest BCUT2D eigenvalue weighted by molar-refractivity contribution is 0.309. The first-order valence-corrected chi connectivity index (χ1v) is 9.09. The molecule has 0 heterocycles. The zero-order valence-corrected chi connectivity index (χ0v) is 13.4. The van der Waals surface area contributed by atoms with Crippen LogP contribution in [-0.4, -0.2) is 33.1 Å². The Labute approximate surface area is 122 Å². The maximum Gasteiger partial charge on any atom is 0.148 e. The third-order valence-corrected chi connectivity index (χ3v) is 4.00.